The van der Waals surface area contributed by atoms with Crippen molar-refractivity contribution in [2.45, 2.75) is 25.7 Å². The van der Waals surface area contributed by atoms with Crippen molar-refractivity contribution in [3.8, 4) is 0 Å². The summed E-state index contributed by atoms with van der Waals surface area (Å²) in [6.07, 6.45) is 4.32. The van der Waals surface area contributed by atoms with Gasteiger partial charge in [0, 0.05) is 18.4 Å². The van der Waals surface area contributed by atoms with Gasteiger partial charge in [0.05, 0.1) is 0 Å². The number of hydrogen-bond acceptors (Lipinski definition) is 3. The summed E-state index contributed by atoms with van der Waals surface area (Å²) in [5.41, 5.74) is 7.71. The van der Waals surface area contributed by atoms with Crippen molar-refractivity contribution in [3.63, 3.8) is 0 Å². The molecule has 94 valence electrons. The fourth-order valence-electron chi connectivity index (χ4n) is 1.59. The molecule has 1 amide bonds. The summed E-state index contributed by atoms with van der Waals surface area (Å²) in [6.45, 7) is 1.16. The van der Waals surface area contributed by atoms with Gasteiger partial charge in [-0.25, -0.2) is 4.79 Å². The highest BCUT2D eigenvalue weighted by Crippen LogP contribution is 2.06. The summed E-state index contributed by atoms with van der Waals surface area (Å²) < 4.78 is 0. The lowest BCUT2D eigenvalue weighted by Crippen LogP contribution is -2.22. The molecule has 0 unspecified atom stereocenters. The number of nitrogens with zero attached hydrogens (tertiary/aromatic N) is 1. The Morgan fingerprint density at radius 3 is 2.94 bits per heavy atom. The third kappa shape index (κ3) is 5.87. The van der Waals surface area contributed by atoms with E-state index in [9.17, 15) is 4.79 Å². The van der Waals surface area contributed by atoms with E-state index in [0.717, 1.165) is 31.4 Å². The Morgan fingerprint density at radius 2 is 2.24 bits per heavy atom. The van der Waals surface area contributed by atoms with E-state index in [-0.39, 0.29) is 0 Å². The zero-order chi connectivity index (χ0) is 12.5. The second-order valence-corrected chi connectivity index (χ2v) is 3.88. The molecule has 4 N–H and O–H groups in total. The molecule has 1 aromatic rings. The Hall–Kier alpha value is -1.62. The van der Waals surface area contributed by atoms with Gasteiger partial charge in [-0.05, 0) is 49.9 Å². The predicted octanol–water partition coefficient (Wildman–Crippen LogP) is 1.17. The molecule has 5 nitrogen and oxygen atoms in total. The second kappa shape index (κ2) is 7.62. The quantitative estimate of drug-likeness (QED) is 0.621. The highest BCUT2D eigenvalue weighted by molar-refractivity contribution is 5.64. The van der Waals surface area contributed by atoms with E-state index >= 15 is 0 Å². The van der Waals surface area contributed by atoms with E-state index < -0.39 is 6.09 Å². The summed E-state index contributed by atoms with van der Waals surface area (Å²) in [6, 6.07) is 4.06. The van der Waals surface area contributed by atoms with Crippen LogP contribution >= 0.6 is 0 Å². The van der Waals surface area contributed by atoms with E-state index in [2.05, 4.69) is 16.4 Å². The third-order valence-corrected chi connectivity index (χ3v) is 2.44. The van der Waals surface area contributed by atoms with Crippen molar-refractivity contribution in [1.82, 2.24) is 10.3 Å². The van der Waals surface area contributed by atoms with E-state index in [1.54, 1.807) is 6.20 Å². The van der Waals surface area contributed by atoms with Crippen molar-refractivity contribution in [3.05, 3.63) is 29.6 Å². The average Bonchev–Trinajstić information content (AvgIpc) is 2.32. The van der Waals surface area contributed by atoms with Crippen molar-refractivity contribution < 1.29 is 9.90 Å². The second-order valence-electron chi connectivity index (χ2n) is 3.88. The molecule has 0 fully saturated rings. The zero-order valence-corrected chi connectivity index (χ0v) is 9.85. The number of nitrogens with two attached hydrogens (primary N) is 1. The number of rotatable bonds is 7. The topological polar surface area (TPSA) is 88.2 Å². The SMILES string of the molecule is NCCCc1ccnc(CCCNC(=O)O)c1. The molecule has 0 spiro atoms. The summed E-state index contributed by atoms with van der Waals surface area (Å²) in [5, 5.41) is 10.8. The van der Waals surface area contributed by atoms with Crippen LogP contribution in [0.5, 0.6) is 0 Å². The largest absolute Gasteiger partial charge is 0.465 e. The van der Waals surface area contributed by atoms with Crippen LogP contribution in [0.4, 0.5) is 4.79 Å². The van der Waals surface area contributed by atoms with Gasteiger partial charge in [-0.15, -0.1) is 0 Å². The van der Waals surface area contributed by atoms with Gasteiger partial charge in [0.1, 0.15) is 0 Å². The Kier molecular flexibility index (Phi) is 6.03. The summed E-state index contributed by atoms with van der Waals surface area (Å²) in [5.74, 6) is 0. The Bertz CT molecular complexity index is 355. The molecule has 0 atom stereocenters. The highest BCUT2D eigenvalue weighted by Gasteiger charge is 1.99. The fourth-order valence-corrected chi connectivity index (χ4v) is 1.59. The standard InChI is InChI=1S/C12H19N3O2/c13-6-1-3-10-5-8-14-11(9-10)4-2-7-15-12(16)17/h5,8-9,15H,1-4,6-7,13H2,(H,16,17). The number of carbonyl (C=O) groups is 1. The van der Waals surface area contributed by atoms with Gasteiger partial charge in [-0.3, -0.25) is 4.98 Å². The van der Waals surface area contributed by atoms with Crippen molar-refractivity contribution in [1.29, 1.82) is 0 Å². The lowest BCUT2D eigenvalue weighted by atomic mass is 10.1. The first-order chi connectivity index (χ1) is 8.22. The molecule has 1 aromatic heterocycles. The van der Waals surface area contributed by atoms with Gasteiger partial charge in [0.15, 0.2) is 0 Å². The van der Waals surface area contributed by atoms with Crippen LogP contribution in [0, 0.1) is 0 Å². The third-order valence-electron chi connectivity index (χ3n) is 2.44. The van der Waals surface area contributed by atoms with Crippen LogP contribution in [-0.4, -0.2) is 29.3 Å². The average molecular weight is 237 g/mol. The molecule has 17 heavy (non-hydrogen) atoms. The molecule has 0 aliphatic rings. The molecule has 0 aliphatic carbocycles. The van der Waals surface area contributed by atoms with Gasteiger partial charge < -0.3 is 16.2 Å². The Morgan fingerprint density at radius 1 is 1.41 bits per heavy atom. The van der Waals surface area contributed by atoms with Crippen molar-refractivity contribution >= 4 is 6.09 Å². The number of aryl methyl sites for hydroxylation is 2. The van der Waals surface area contributed by atoms with Crippen LogP contribution in [0.15, 0.2) is 18.3 Å². The molecule has 0 aliphatic heterocycles. The number of aromatic nitrogens is 1. The highest BCUT2D eigenvalue weighted by atomic mass is 16.4. The van der Waals surface area contributed by atoms with E-state index in [1.807, 2.05) is 6.07 Å². The minimum atomic E-state index is -0.977. The summed E-state index contributed by atoms with van der Waals surface area (Å²) >= 11 is 0. The first kappa shape index (κ1) is 13.4. The fraction of sp³-hybridized carbons (Fsp3) is 0.500. The minimum Gasteiger partial charge on any atom is -0.465 e. The molecule has 0 saturated heterocycles. The number of pyridine rings is 1. The van der Waals surface area contributed by atoms with Crippen LogP contribution in [0.2, 0.25) is 0 Å². The number of carboxylic acid groups (broad SMARTS) is 1. The van der Waals surface area contributed by atoms with Gasteiger partial charge in [-0.1, -0.05) is 0 Å². The summed E-state index contributed by atoms with van der Waals surface area (Å²) in [7, 11) is 0. The molecule has 5 heteroatoms. The molecule has 0 aromatic carbocycles. The van der Waals surface area contributed by atoms with Crippen LogP contribution in [0.3, 0.4) is 0 Å². The predicted molar refractivity (Wildman–Crippen MR) is 66.0 cm³/mol. The monoisotopic (exact) mass is 237 g/mol. The van der Waals surface area contributed by atoms with E-state index in [0.29, 0.717) is 13.1 Å². The van der Waals surface area contributed by atoms with Gasteiger partial charge in [-0.2, -0.15) is 0 Å². The molecule has 1 rings (SSSR count). The number of amides is 1. The smallest absolute Gasteiger partial charge is 0.404 e. The van der Waals surface area contributed by atoms with Crippen LogP contribution in [0.1, 0.15) is 24.1 Å². The van der Waals surface area contributed by atoms with E-state index in [1.165, 1.54) is 5.56 Å². The maximum absolute atomic E-state index is 10.2. The van der Waals surface area contributed by atoms with E-state index in [4.69, 9.17) is 10.8 Å². The van der Waals surface area contributed by atoms with Crippen LogP contribution < -0.4 is 11.1 Å². The van der Waals surface area contributed by atoms with Crippen molar-refractivity contribution in [2.75, 3.05) is 13.1 Å². The maximum Gasteiger partial charge on any atom is 0.404 e. The normalized spacial score (nSPS) is 10.2. The van der Waals surface area contributed by atoms with Gasteiger partial charge >= 0.3 is 6.09 Å². The molecule has 1 heterocycles. The first-order valence-electron chi connectivity index (χ1n) is 5.83. The Balaban J connectivity index is 2.34. The molecular weight excluding hydrogens is 218 g/mol. The van der Waals surface area contributed by atoms with Crippen LogP contribution in [0.25, 0.3) is 0 Å². The lowest BCUT2D eigenvalue weighted by molar-refractivity contribution is 0.194. The van der Waals surface area contributed by atoms with Crippen molar-refractivity contribution in [2.24, 2.45) is 5.73 Å². The number of hydrogen-bond donors (Lipinski definition) is 3. The molecule has 0 saturated carbocycles. The van der Waals surface area contributed by atoms with Gasteiger partial charge in [0.25, 0.3) is 0 Å². The maximum atomic E-state index is 10.2. The van der Waals surface area contributed by atoms with Gasteiger partial charge in [0.2, 0.25) is 0 Å². The van der Waals surface area contributed by atoms with Crippen LogP contribution in [-0.2, 0) is 12.8 Å². The molecule has 0 radical (unpaired) electrons. The first-order valence-corrected chi connectivity index (χ1v) is 5.83. The minimum absolute atomic E-state index is 0.462. The molecule has 0 bridgehead atoms. The molecular formula is C12H19N3O2. The summed E-state index contributed by atoms with van der Waals surface area (Å²) in [4.78, 5) is 14.5. The zero-order valence-electron chi connectivity index (χ0n) is 9.85. The Labute approximate surface area is 101 Å². The lowest BCUT2D eigenvalue weighted by Gasteiger charge is -2.04. The number of nitrogens with one attached hydrogen (secondary N) is 1.